The second-order valence-electron chi connectivity index (χ2n) is 12.6. The molecule has 0 saturated carbocycles. The van der Waals surface area contributed by atoms with Crippen LogP contribution in [-0.4, -0.2) is 45.5 Å². The van der Waals surface area contributed by atoms with Gasteiger partial charge in [0, 0.05) is 0 Å². The monoisotopic (exact) mass is 672 g/mol. The smallest absolute Gasteiger partial charge is 0.237 e. The number of amides is 2. The van der Waals surface area contributed by atoms with Gasteiger partial charge in [0.2, 0.25) is 11.8 Å². The number of thioether (sulfide) groups is 2. The van der Waals surface area contributed by atoms with Gasteiger partial charge in [0.05, 0.1) is 44.1 Å². The van der Waals surface area contributed by atoms with E-state index in [0.717, 1.165) is 41.9 Å². The number of methoxy groups -OCH3 is 2. The summed E-state index contributed by atoms with van der Waals surface area (Å²) in [5.74, 6) is 2.27. The lowest BCUT2D eigenvalue weighted by Gasteiger charge is -2.31. The molecule has 44 heavy (non-hydrogen) atoms. The van der Waals surface area contributed by atoms with Crippen LogP contribution in [0.4, 0.5) is 0 Å². The number of nitrogens with zero attached hydrogens (tertiary/aromatic N) is 2. The van der Waals surface area contributed by atoms with E-state index in [1.54, 1.807) is 60.4 Å². The van der Waals surface area contributed by atoms with Gasteiger partial charge in [-0.15, -0.1) is 46.2 Å². The van der Waals surface area contributed by atoms with Crippen molar-refractivity contribution in [2.24, 2.45) is 11.8 Å². The van der Waals surface area contributed by atoms with Gasteiger partial charge in [-0.2, -0.15) is 0 Å². The Morgan fingerprint density at radius 1 is 0.659 bits per heavy atom. The van der Waals surface area contributed by atoms with Gasteiger partial charge in [-0.05, 0) is 75.9 Å². The lowest BCUT2D eigenvalue weighted by atomic mass is 10.0. The number of rotatable bonds is 6. The van der Waals surface area contributed by atoms with Crippen LogP contribution < -0.4 is 20.1 Å². The quantitative estimate of drug-likeness (QED) is 0.217. The molecule has 2 fully saturated rings. The number of carbonyl (C=O) groups is 2. The van der Waals surface area contributed by atoms with Gasteiger partial charge in [-0.25, -0.2) is 9.97 Å². The van der Waals surface area contributed by atoms with E-state index in [-0.39, 0.29) is 23.7 Å². The van der Waals surface area contributed by atoms with Gasteiger partial charge < -0.3 is 20.1 Å². The predicted molar refractivity (Wildman–Crippen MR) is 185 cm³/mol. The van der Waals surface area contributed by atoms with E-state index in [1.165, 1.54) is 0 Å². The highest BCUT2D eigenvalue weighted by atomic mass is 32.2. The summed E-state index contributed by atoms with van der Waals surface area (Å²) in [6, 6.07) is 11.8. The minimum atomic E-state index is -0.461. The summed E-state index contributed by atoms with van der Waals surface area (Å²) >= 11 is 6.59. The highest BCUT2D eigenvalue weighted by Crippen LogP contribution is 2.54. The van der Waals surface area contributed by atoms with Gasteiger partial charge in [0.1, 0.15) is 31.3 Å². The number of fused-ring (bicyclic) bond motifs is 2. The molecule has 0 spiro atoms. The number of hydrogen-bond acceptors (Lipinski definition) is 10. The Bertz CT molecular complexity index is 1600. The molecular formula is C32H40N4O4S4. The molecule has 2 atom stereocenters. The molecule has 2 N–H and O–H groups in total. The maximum absolute atomic E-state index is 12.3. The summed E-state index contributed by atoms with van der Waals surface area (Å²) in [6.07, 6.45) is 0. The van der Waals surface area contributed by atoms with Crippen molar-refractivity contribution in [1.82, 2.24) is 20.6 Å². The number of hydrogen-bond donors (Lipinski definition) is 2. The van der Waals surface area contributed by atoms with Crippen molar-refractivity contribution < 1.29 is 19.1 Å². The van der Waals surface area contributed by atoms with E-state index >= 15 is 0 Å². The minimum absolute atomic E-state index is 0.0723. The Balaban J connectivity index is 0.000000175. The molecule has 4 heterocycles. The average molecular weight is 673 g/mol. The molecule has 2 saturated heterocycles. The van der Waals surface area contributed by atoms with Crippen molar-refractivity contribution in [2.75, 3.05) is 14.2 Å². The fourth-order valence-electron chi connectivity index (χ4n) is 5.18. The van der Waals surface area contributed by atoms with Crippen LogP contribution in [0.15, 0.2) is 36.4 Å². The number of nitrogens with one attached hydrogen (secondary N) is 2. The van der Waals surface area contributed by atoms with E-state index in [4.69, 9.17) is 19.4 Å². The first-order valence-electron chi connectivity index (χ1n) is 14.5. The summed E-state index contributed by atoms with van der Waals surface area (Å²) in [6.45, 7) is 16.4. The molecule has 0 bridgehead atoms. The molecule has 4 aromatic rings. The molecule has 12 heteroatoms. The Kier molecular flexibility index (Phi) is 8.71. The third kappa shape index (κ3) is 5.67. The molecule has 2 aliphatic rings. The third-order valence-corrected chi connectivity index (χ3v) is 14.1. The van der Waals surface area contributed by atoms with Crippen LogP contribution in [0.1, 0.15) is 65.4 Å². The fourth-order valence-corrected chi connectivity index (χ4v) is 11.0. The van der Waals surface area contributed by atoms with Crippen molar-refractivity contribution in [3.05, 3.63) is 46.4 Å². The van der Waals surface area contributed by atoms with E-state index in [1.807, 2.05) is 64.1 Å². The number of ether oxygens (including phenoxy) is 2. The molecule has 236 valence electrons. The second kappa shape index (κ2) is 11.7. The Hall–Kier alpha value is -2.54. The van der Waals surface area contributed by atoms with Crippen molar-refractivity contribution >= 4 is 78.4 Å². The fraction of sp³-hybridized carbons (Fsp3) is 0.500. The maximum atomic E-state index is 12.3. The zero-order valence-corrected chi connectivity index (χ0v) is 30.0. The summed E-state index contributed by atoms with van der Waals surface area (Å²) in [4.78, 5) is 33.3. The van der Waals surface area contributed by atoms with E-state index < -0.39 is 19.2 Å². The first-order chi connectivity index (χ1) is 20.6. The number of benzene rings is 2. The van der Waals surface area contributed by atoms with Crippen LogP contribution in [0, 0.1) is 11.8 Å². The van der Waals surface area contributed by atoms with E-state index in [0.29, 0.717) is 0 Å². The first kappa shape index (κ1) is 32.8. The summed E-state index contributed by atoms with van der Waals surface area (Å²) < 4.78 is 11.8. The van der Waals surface area contributed by atoms with E-state index in [9.17, 15) is 9.59 Å². The van der Waals surface area contributed by atoms with Gasteiger partial charge in [0.15, 0.2) is 0 Å². The van der Waals surface area contributed by atoms with E-state index in [2.05, 4.69) is 38.3 Å². The topological polar surface area (TPSA) is 102 Å². The Labute approximate surface area is 275 Å². The first-order valence-corrected chi connectivity index (χ1v) is 17.8. The normalized spacial score (nSPS) is 24.0. The Morgan fingerprint density at radius 2 is 1.02 bits per heavy atom. The molecule has 2 aliphatic heterocycles. The van der Waals surface area contributed by atoms with Gasteiger partial charge in [-0.3, -0.25) is 9.59 Å². The molecule has 2 amide bonds. The molecule has 6 rings (SSSR count). The average Bonchev–Trinajstić information content (AvgIpc) is 3.70. The van der Waals surface area contributed by atoms with Crippen molar-refractivity contribution in [3.63, 3.8) is 0 Å². The number of carbonyl (C=O) groups excluding carboxylic acids is 2. The second-order valence-corrected chi connectivity index (χ2v) is 18.4. The molecule has 0 radical (unpaired) electrons. The van der Waals surface area contributed by atoms with Crippen LogP contribution in [0.5, 0.6) is 11.5 Å². The van der Waals surface area contributed by atoms with Crippen LogP contribution in [0.3, 0.4) is 0 Å². The van der Waals surface area contributed by atoms with Crippen molar-refractivity contribution in [1.29, 1.82) is 0 Å². The third-order valence-electron chi connectivity index (χ3n) is 7.98. The van der Waals surface area contributed by atoms with Crippen LogP contribution in [0.2, 0.25) is 0 Å². The molecule has 0 unspecified atom stereocenters. The van der Waals surface area contributed by atoms with Gasteiger partial charge in [-0.1, -0.05) is 27.7 Å². The standard InChI is InChI=1S/2C16H20N2O2S2/c2*1-9(2)16(18-13(19)15(3,4)22-16)14-17-11-7-6-10(20-5)8-12(11)21-14/h2*6-9H,1-5H3,(H,18,19)/t2*16-/m10/s1. The molecule has 0 aliphatic carbocycles. The van der Waals surface area contributed by atoms with Gasteiger partial charge >= 0.3 is 0 Å². The Morgan fingerprint density at radius 3 is 1.30 bits per heavy atom. The van der Waals surface area contributed by atoms with Crippen LogP contribution in [-0.2, 0) is 19.3 Å². The highest BCUT2D eigenvalue weighted by molar-refractivity contribution is 8.03. The predicted octanol–water partition coefficient (Wildman–Crippen LogP) is 7.51. The summed E-state index contributed by atoms with van der Waals surface area (Å²) in [5.41, 5.74) is 1.89. The molecule has 8 nitrogen and oxygen atoms in total. The maximum Gasteiger partial charge on any atom is 0.237 e. The van der Waals surface area contributed by atoms with Crippen LogP contribution >= 0.6 is 46.2 Å². The highest BCUT2D eigenvalue weighted by Gasteiger charge is 2.55. The number of aromatic nitrogens is 2. The lowest BCUT2D eigenvalue weighted by molar-refractivity contribution is -0.123. The minimum Gasteiger partial charge on any atom is -0.497 e. The molecule has 2 aromatic carbocycles. The zero-order valence-electron chi connectivity index (χ0n) is 26.8. The summed E-state index contributed by atoms with van der Waals surface area (Å²) in [7, 11) is 3.32. The molecule has 2 aromatic heterocycles. The van der Waals surface area contributed by atoms with Crippen molar-refractivity contribution in [2.45, 2.75) is 74.6 Å². The summed E-state index contributed by atoms with van der Waals surface area (Å²) in [5, 5.41) is 8.31. The van der Waals surface area contributed by atoms with Crippen LogP contribution in [0.25, 0.3) is 20.4 Å². The van der Waals surface area contributed by atoms with Gasteiger partial charge in [0.25, 0.3) is 0 Å². The number of thiazole rings is 2. The lowest BCUT2D eigenvalue weighted by Crippen LogP contribution is -2.42. The zero-order chi connectivity index (χ0) is 32.2. The molecular weight excluding hydrogens is 633 g/mol. The SMILES string of the molecule is COc1ccc2nc([C@@]3(C(C)C)NC(=O)C(C)(C)S3)sc2c1.COc1ccc2nc([C@]3(C(C)C)NC(=O)C(C)(C)S3)sc2c1. The van der Waals surface area contributed by atoms with Crippen molar-refractivity contribution in [3.8, 4) is 11.5 Å². The largest absolute Gasteiger partial charge is 0.497 e.